The third-order valence-corrected chi connectivity index (χ3v) is 3.47. The lowest BCUT2D eigenvalue weighted by atomic mass is 10.3. The first-order valence-electron chi connectivity index (χ1n) is 4.77. The van der Waals surface area contributed by atoms with Crippen molar-refractivity contribution in [3.63, 3.8) is 0 Å². The Bertz CT molecular complexity index is 614. The molecule has 0 saturated carbocycles. The van der Waals surface area contributed by atoms with Crippen molar-refractivity contribution in [2.45, 2.75) is 25.0 Å². The summed E-state index contributed by atoms with van der Waals surface area (Å²) >= 11 is 1.40. The van der Waals surface area contributed by atoms with Gasteiger partial charge in [-0.05, 0) is 13.8 Å². The van der Waals surface area contributed by atoms with E-state index in [1.54, 1.807) is 10.9 Å². The van der Waals surface area contributed by atoms with E-state index in [1.165, 1.54) is 15.9 Å². The highest BCUT2D eigenvalue weighted by Crippen LogP contribution is 2.23. The molecule has 0 amide bonds. The van der Waals surface area contributed by atoms with Crippen molar-refractivity contribution >= 4 is 21.4 Å². The molecular formula is C8H11N5O2S2. The lowest BCUT2D eigenvalue weighted by molar-refractivity contribution is 0.524. The SMILES string of the molecule is CC(C)n1c(-c2cscn2)nnc1S(N)(=O)=O. The molecule has 9 heteroatoms. The zero-order valence-corrected chi connectivity index (χ0v) is 10.9. The average Bonchev–Trinajstić information content (AvgIpc) is 2.84. The van der Waals surface area contributed by atoms with Crippen LogP contribution in [0.2, 0.25) is 0 Å². The van der Waals surface area contributed by atoms with Gasteiger partial charge < -0.3 is 0 Å². The van der Waals surface area contributed by atoms with Crippen molar-refractivity contribution in [3.05, 3.63) is 10.9 Å². The second kappa shape index (κ2) is 4.17. The Labute approximate surface area is 102 Å². The van der Waals surface area contributed by atoms with Gasteiger partial charge in [0.05, 0.1) is 5.51 Å². The van der Waals surface area contributed by atoms with Crippen LogP contribution in [0.1, 0.15) is 19.9 Å². The first kappa shape index (κ1) is 12.1. The van der Waals surface area contributed by atoms with Crippen molar-refractivity contribution in [2.24, 2.45) is 5.14 Å². The van der Waals surface area contributed by atoms with Gasteiger partial charge in [0.25, 0.3) is 15.2 Å². The van der Waals surface area contributed by atoms with E-state index in [0.717, 1.165) is 0 Å². The van der Waals surface area contributed by atoms with Gasteiger partial charge in [0.15, 0.2) is 5.82 Å². The maximum atomic E-state index is 11.4. The third-order valence-electron chi connectivity index (χ3n) is 2.10. The Balaban J connectivity index is 2.68. The van der Waals surface area contributed by atoms with Gasteiger partial charge >= 0.3 is 0 Å². The van der Waals surface area contributed by atoms with Crippen LogP contribution in [0.25, 0.3) is 11.5 Å². The largest absolute Gasteiger partial charge is 0.293 e. The minimum Gasteiger partial charge on any atom is -0.293 e. The lowest BCUT2D eigenvalue weighted by Gasteiger charge is -2.11. The smallest absolute Gasteiger partial charge is 0.273 e. The molecular weight excluding hydrogens is 262 g/mol. The molecule has 2 N–H and O–H groups in total. The molecule has 2 heterocycles. The van der Waals surface area contributed by atoms with Crippen molar-refractivity contribution in [3.8, 4) is 11.5 Å². The van der Waals surface area contributed by atoms with Crippen LogP contribution in [0.5, 0.6) is 0 Å². The number of nitrogens with zero attached hydrogens (tertiary/aromatic N) is 4. The molecule has 92 valence electrons. The van der Waals surface area contributed by atoms with Gasteiger partial charge in [-0.1, -0.05) is 0 Å². The van der Waals surface area contributed by atoms with E-state index in [0.29, 0.717) is 11.5 Å². The van der Waals surface area contributed by atoms with Crippen molar-refractivity contribution in [1.29, 1.82) is 0 Å². The second-order valence-corrected chi connectivity index (χ2v) is 5.86. The zero-order chi connectivity index (χ0) is 12.6. The van der Waals surface area contributed by atoms with Crippen LogP contribution >= 0.6 is 11.3 Å². The molecule has 0 atom stereocenters. The van der Waals surface area contributed by atoms with Crippen molar-refractivity contribution < 1.29 is 8.42 Å². The number of hydrogen-bond acceptors (Lipinski definition) is 6. The Morgan fingerprint density at radius 3 is 2.59 bits per heavy atom. The summed E-state index contributed by atoms with van der Waals surface area (Å²) in [5.74, 6) is 0.408. The number of hydrogen-bond donors (Lipinski definition) is 1. The van der Waals surface area contributed by atoms with Gasteiger partial charge in [0.2, 0.25) is 0 Å². The normalized spacial score (nSPS) is 12.2. The molecule has 2 rings (SSSR count). The Kier molecular flexibility index (Phi) is 2.98. The van der Waals surface area contributed by atoms with Gasteiger partial charge in [0, 0.05) is 11.4 Å². The predicted octanol–water partition coefficient (Wildman–Crippen LogP) is 0.630. The van der Waals surface area contributed by atoms with Crippen LogP contribution in [0.15, 0.2) is 16.0 Å². The Morgan fingerprint density at radius 1 is 1.41 bits per heavy atom. The summed E-state index contributed by atoms with van der Waals surface area (Å²) in [6.07, 6.45) is 0. The zero-order valence-electron chi connectivity index (χ0n) is 9.23. The standard InChI is InChI=1S/C8H11N5O2S2/c1-5(2)13-7(6-3-16-4-10-6)11-12-8(13)17(9,14)15/h3-5H,1-2H3,(H2,9,14,15). The number of nitrogens with two attached hydrogens (primary N) is 1. The summed E-state index contributed by atoms with van der Waals surface area (Å²) in [4.78, 5) is 4.08. The van der Waals surface area contributed by atoms with Gasteiger partial charge in [-0.25, -0.2) is 18.5 Å². The first-order valence-corrected chi connectivity index (χ1v) is 7.26. The highest BCUT2D eigenvalue weighted by Gasteiger charge is 2.24. The molecule has 0 saturated heterocycles. The third kappa shape index (κ3) is 2.21. The summed E-state index contributed by atoms with van der Waals surface area (Å²) in [6, 6.07) is -0.130. The van der Waals surface area contributed by atoms with E-state index in [-0.39, 0.29) is 11.2 Å². The number of sulfonamides is 1. The fraction of sp³-hybridized carbons (Fsp3) is 0.375. The molecule has 0 aliphatic carbocycles. The molecule has 0 bridgehead atoms. The van der Waals surface area contributed by atoms with E-state index in [2.05, 4.69) is 15.2 Å². The van der Waals surface area contributed by atoms with Gasteiger partial charge in [-0.15, -0.1) is 21.5 Å². The van der Waals surface area contributed by atoms with Crippen LogP contribution in [0.4, 0.5) is 0 Å². The van der Waals surface area contributed by atoms with E-state index in [1.807, 2.05) is 13.8 Å². The molecule has 17 heavy (non-hydrogen) atoms. The number of aromatic nitrogens is 4. The average molecular weight is 273 g/mol. The van der Waals surface area contributed by atoms with E-state index in [9.17, 15) is 8.42 Å². The monoisotopic (exact) mass is 273 g/mol. The van der Waals surface area contributed by atoms with Crippen molar-refractivity contribution in [2.75, 3.05) is 0 Å². The highest BCUT2D eigenvalue weighted by molar-refractivity contribution is 7.89. The molecule has 2 aromatic heterocycles. The van der Waals surface area contributed by atoms with E-state index in [4.69, 9.17) is 5.14 Å². The Morgan fingerprint density at radius 2 is 2.12 bits per heavy atom. The highest BCUT2D eigenvalue weighted by atomic mass is 32.2. The van der Waals surface area contributed by atoms with Crippen LogP contribution in [0, 0.1) is 0 Å². The predicted molar refractivity (Wildman–Crippen MR) is 62.9 cm³/mol. The van der Waals surface area contributed by atoms with Crippen LogP contribution < -0.4 is 5.14 Å². The molecule has 0 fully saturated rings. The summed E-state index contributed by atoms with van der Waals surface area (Å²) in [7, 11) is -3.88. The molecule has 0 radical (unpaired) electrons. The van der Waals surface area contributed by atoms with Crippen molar-refractivity contribution in [1.82, 2.24) is 19.7 Å². The number of primary sulfonamides is 1. The quantitative estimate of drug-likeness (QED) is 0.883. The van der Waals surface area contributed by atoms with E-state index >= 15 is 0 Å². The summed E-state index contributed by atoms with van der Waals surface area (Å²) in [5, 5.41) is 14.1. The Hall–Kier alpha value is -1.32. The minimum absolute atomic E-state index is 0.130. The summed E-state index contributed by atoms with van der Waals surface area (Å²) in [6.45, 7) is 3.65. The van der Waals surface area contributed by atoms with Crippen LogP contribution in [0.3, 0.4) is 0 Å². The van der Waals surface area contributed by atoms with Crippen LogP contribution in [-0.4, -0.2) is 28.2 Å². The molecule has 0 aromatic carbocycles. The maximum absolute atomic E-state index is 11.4. The second-order valence-electron chi connectivity index (χ2n) is 3.69. The molecule has 0 spiro atoms. The van der Waals surface area contributed by atoms with Gasteiger partial charge in [-0.3, -0.25) is 4.57 Å². The molecule has 0 aliphatic rings. The molecule has 2 aromatic rings. The summed E-state index contributed by atoms with van der Waals surface area (Å²) in [5.41, 5.74) is 2.23. The van der Waals surface area contributed by atoms with E-state index < -0.39 is 10.0 Å². The number of rotatable bonds is 3. The number of thiazole rings is 1. The first-order chi connectivity index (χ1) is 7.91. The lowest BCUT2D eigenvalue weighted by Crippen LogP contribution is -2.20. The fourth-order valence-electron chi connectivity index (χ4n) is 1.43. The van der Waals surface area contributed by atoms with Crippen LogP contribution in [-0.2, 0) is 10.0 Å². The molecule has 0 aliphatic heterocycles. The topological polar surface area (TPSA) is 104 Å². The van der Waals surface area contributed by atoms with Gasteiger partial charge in [0.1, 0.15) is 5.69 Å². The molecule has 0 unspecified atom stereocenters. The maximum Gasteiger partial charge on any atom is 0.273 e. The summed E-state index contributed by atoms with van der Waals surface area (Å²) < 4.78 is 24.2. The minimum atomic E-state index is -3.88. The fourth-order valence-corrected chi connectivity index (χ4v) is 2.69. The van der Waals surface area contributed by atoms with Gasteiger partial charge in [-0.2, -0.15) is 0 Å². The molecule has 7 nitrogen and oxygen atoms in total.